The van der Waals surface area contributed by atoms with Gasteiger partial charge in [-0.1, -0.05) is 6.92 Å². The third kappa shape index (κ3) is 3.47. The highest BCUT2D eigenvalue weighted by molar-refractivity contribution is 9.10. The van der Waals surface area contributed by atoms with Gasteiger partial charge in [0.05, 0.1) is 5.56 Å². The number of pyridine rings is 1. The lowest BCUT2D eigenvalue weighted by Crippen LogP contribution is -2.48. The number of amides is 1. The van der Waals surface area contributed by atoms with E-state index in [0.29, 0.717) is 11.4 Å². The predicted molar refractivity (Wildman–Crippen MR) is 82.4 cm³/mol. The summed E-state index contributed by atoms with van der Waals surface area (Å²) in [5.41, 5.74) is 2.99. The summed E-state index contributed by atoms with van der Waals surface area (Å²) in [6.07, 6.45) is 2.76. The second-order valence-electron chi connectivity index (χ2n) is 4.83. The maximum absolute atomic E-state index is 12.5. The van der Waals surface area contributed by atoms with Gasteiger partial charge in [0, 0.05) is 36.8 Å². The molecule has 0 saturated carbocycles. The van der Waals surface area contributed by atoms with Crippen LogP contribution in [0.25, 0.3) is 0 Å². The molecular formula is C13H20BrN5O. The van der Waals surface area contributed by atoms with E-state index < -0.39 is 0 Å². The van der Waals surface area contributed by atoms with Gasteiger partial charge in [-0.05, 0) is 35.0 Å². The Labute approximate surface area is 127 Å². The Hall–Kier alpha value is -1.18. The monoisotopic (exact) mass is 341 g/mol. The molecule has 1 fully saturated rings. The zero-order valence-corrected chi connectivity index (χ0v) is 13.2. The van der Waals surface area contributed by atoms with Crippen molar-refractivity contribution < 1.29 is 4.79 Å². The third-order valence-corrected chi connectivity index (χ3v) is 3.85. The van der Waals surface area contributed by atoms with E-state index in [1.165, 1.54) is 0 Å². The fourth-order valence-corrected chi connectivity index (χ4v) is 2.71. The van der Waals surface area contributed by atoms with Crippen molar-refractivity contribution in [2.75, 3.05) is 38.1 Å². The first-order valence-corrected chi connectivity index (χ1v) is 7.58. The molecular weight excluding hydrogens is 322 g/mol. The molecule has 7 heteroatoms. The van der Waals surface area contributed by atoms with E-state index in [0.717, 1.165) is 43.6 Å². The minimum absolute atomic E-state index is 0.0251. The number of anilines is 1. The molecule has 0 atom stereocenters. The van der Waals surface area contributed by atoms with Crippen LogP contribution in [-0.2, 0) is 0 Å². The van der Waals surface area contributed by atoms with Crippen molar-refractivity contribution in [2.24, 2.45) is 5.84 Å². The van der Waals surface area contributed by atoms with Crippen molar-refractivity contribution >= 4 is 27.7 Å². The fourth-order valence-electron chi connectivity index (χ4n) is 2.38. The van der Waals surface area contributed by atoms with Crippen LogP contribution in [-0.4, -0.2) is 53.4 Å². The standard InChI is InChI=1S/C13H20BrN5O/c1-2-3-18-4-6-19(7-5-18)13(20)11-8-10(14)9-16-12(11)17-15/h8-9H,2-7,15H2,1H3,(H,16,17). The van der Waals surface area contributed by atoms with Crippen LogP contribution in [0.4, 0.5) is 5.82 Å². The molecule has 0 radical (unpaired) electrons. The summed E-state index contributed by atoms with van der Waals surface area (Å²) in [7, 11) is 0. The van der Waals surface area contributed by atoms with Gasteiger partial charge in [0.15, 0.2) is 5.82 Å². The van der Waals surface area contributed by atoms with E-state index in [1.807, 2.05) is 4.90 Å². The van der Waals surface area contributed by atoms with E-state index in [-0.39, 0.29) is 5.91 Å². The topological polar surface area (TPSA) is 74.5 Å². The molecule has 0 aliphatic carbocycles. The molecule has 1 amide bonds. The zero-order chi connectivity index (χ0) is 14.5. The molecule has 0 bridgehead atoms. The number of halogens is 1. The average molecular weight is 342 g/mol. The van der Waals surface area contributed by atoms with E-state index in [1.54, 1.807) is 12.3 Å². The van der Waals surface area contributed by atoms with E-state index in [9.17, 15) is 4.79 Å². The molecule has 1 aromatic heterocycles. The van der Waals surface area contributed by atoms with Gasteiger partial charge < -0.3 is 10.3 Å². The number of nitrogens with two attached hydrogens (primary N) is 1. The lowest BCUT2D eigenvalue weighted by molar-refractivity contribution is 0.0638. The number of hydrogen-bond acceptors (Lipinski definition) is 5. The van der Waals surface area contributed by atoms with Crippen LogP contribution in [0.1, 0.15) is 23.7 Å². The van der Waals surface area contributed by atoms with Crippen molar-refractivity contribution in [2.45, 2.75) is 13.3 Å². The number of rotatable bonds is 4. The van der Waals surface area contributed by atoms with Crippen LogP contribution in [0.2, 0.25) is 0 Å². The molecule has 2 heterocycles. The Morgan fingerprint density at radius 3 is 2.75 bits per heavy atom. The van der Waals surface area contributed by atoms with Crippen LogP contribution < -0.4 is 11.3 Å². The Bertz CT molecular complexity index is 474. The molecule has 6 nitrogen and oxygen atoms in total. The quantitative estimate of drug-likeness (QED) is 0.637. The zero-order valence-electron chi connectivity index (χ0n) is 11.6. The Balaban J connectivity index is 2.07. The van der Waals surface area contributed by atoms with Gasteiger partial charge in [-0.2, -0.15) is 0 Å². The summed E-state index contributed by atoms with van der Waals surface area (Å²) in [6, 6.07) is 1.75. The van der Waals surface area contributed by atoms with Gasteiger partial charge in [-0.25, -0.2) is 10.8 Å². The smallest absolute Gasteiger partial charge is 0.257 e. The normalized spacial score (nSPS) is 16.2. The number of nitrogens with zero attached hydrogens (tertiary/aromatic N) is 3. The number of hydrogen-bond donors (Lipinski definition) is 2. The minimum atomic E-state index is -0.0251. The number of hydrazine groups is 1. The highest BCUT2D eigenvalue weighted by atomic mass is 79.9. The van der Waals surface area contributed by atoms with Gasteiger partial charge in [0.1, 0.15) is 0 Å². The van der Waals surface area contributed by atoms with E-state index >= 15 is 0 Å². The molecule has 0 unspecified atom stereocenters. The highest BCUT2D eigenvalue weighted by Gasteiger charge is 2.24. The summed E-state index contributed by atoms with van der Waals surface area (Å²) in [4.78, 5) is 20.9. The molecule has 1 saturated heterocycles. The second kappa shape index (κ2) is 7.01. The number of nitrogens with one attached hydrogen (secondary N) is 1. The lowest BCUT2D eigenvalue weighted by Gasteiger charge is -2.34. The summed E-state index contributed by atoms with van der Waals surface area (Å²) in [5, 5.41) is 0. The second-order valence-corrected chi connectivity index (χ2v) is 5.74. The number of carbonyl (C=O) groups is 1. The summed E-state index contributed by atoms with van der Waals surface area (Å²) in [6.45, 7) is 6.60. The molecule has 20 heavy (non-hydrogen) atoms. The van der Waals surface area contributed by atoms with Crippen LogP contribution in [0, 0.1) is 0 Å². The van der Waals surface area contributed by atoms with Gasteiger partial charge in [-0.3, -0.25) is 9.69 Å². The lowest BCUT2D eigenvalue weighted by atomic mass is 10.2. The van der Waals surface area contributed by atoms with Crippen molar-refractivity contribution in [3.8, 4) is 0 Å². The molecule has 1 aliphatic heterocycles. The number of nitrogen functional groups attached to an aromatic ring is 1. The molecule has 0 spiro atoms. The molecule has 1 aromatic rings. The van der Waals surface area contributed by atoms with Gasteiger partial charge in [-0.15, -0.1) is 0 Å². The predicted octanol–water partition coefficient (Wildman–Crippen LogP) is 1.30. The Morgan fingerprint density at radius 2 is 2.15 bits per heavy atom. The highest BCUT2D eigenvalue weighted by Crippen LogP contribution is 2.20. The van der Waals surface area contributed by atoms with Crippen molar-refractivity contribution in [3.63, 3.8) is 0 Å². The number of carbonyl (C=O) groups excluding carboxylic acids is 1. The van der Waals surface area contributed by atoms with Crippen molar-refractivity contribution in [3.05, 3.63) is 22.3 Å². The van der Waals surface area contributed by atoms with Crippen LogP contribution in [0.5, 0.6) is 0 Å². The van der Waals surface area contributed by atoms with Gasteiger partial charge in [0.25, 0.3) is 5.91 Å². The first-order chi connectivity index (χ1) is 9.65. The summed E-state index contributed by atoms with van der Waals surface area (Å²) >= 11 is 3.34. The van der Waals surface area contributed by atoms with Crippen LogP contribution >= 0.6 is 15.9 Å². The van der Waals surface area contributed by atoms with Crippen molar-refractivity contribution in [1.82, 2.24) is 14.8 Å². The maximum atomic E-state index is 12.5. The molecule has 3 N–H and O–H groups in total. The first-order valence-electron chi connectivity index (χ1n) is 6.79. The maximum Gasteiger partial charge on any atom is 0.257 e. The van der Waals surface area contributed by atoms with Crippen LogP contribution in [0.3, 0.4) is 0 Å². The van der Waals surface area contributed by atoms with Gasteiger partial charge in [0.2, 0.25) is 0 Å². The third-order valence-electron chi connectivity index (χ3n) is 3.42. The molecule has 0 aromatic carbocycles. The van der Waals surface area contributed by atoms with Crippen LogP contribution in [0.15, 0.2) is 16.7 Å². The number of piperazine rings is 1. The molecule has 1 aliphatic rings. The van der Waals surface area contributed by atoms with Crippen molar-refractivity contribution in [1.29, 1.82) is 0 Å². The first kappa shape index (κ1) is 15.2. The fraction of sp³-hybridized carbons (Fsp3) is 0.538. The van der Waals surface area contributed by atoms with E-state index in [4.69, 9.17) is 5.84 Å². The largest absolute Gasteiger partial charge is 0.336 e. The summed E-state index contributed by atoms with van der Waals surface area (Å²) < 4.78 is 0.768. The SMILES string of the molecule is CCCN1CCN(C(=O)c2cc(Br)cnc2NN)CC1. The van der Waals surface area contributed by atoms with Gasteiger partial charge >= 0.3 is 0 Å². The summed E-state index contributed by atoms with van der Waals surface area (Å²) in [5.74, 6) is 5.81. The van der Waals surface area contributed by atoms with E-state index in [2.05, 4.69) is 38.2 Å². The Kier molecular flexibility index (Phi) is 5.33. The molecule has 2 rings (SSSR count). The molecule has 110 valence electrons. The average Bonchev–Trinajstić information content (AvgIpc) is 2.47. The number of aromatic nitrogens is 1. The minimum Gasteiger partial charge on any atom is -0.336 e. The Morgan fingerprint density at radius 1 is 1.45 bits per heavy atom.